The van der Waals surface area contributed by atoms with Crippen LogP contribution in [0.2, 0.25) is 0 Å². The minimum Gasteiger partial charge on any atom is -0.508 e. The molecule has 3 heteroatoms. The Labute approximate surface area is 142 Å². The van der Waals surface area contributed by atoms with Crippen LogP contribution in [-0.2, 0) is 4.74 Å². The van der Waals surface area contributed by atoms with Gasteiger partial charge in [0.2, 0.25) is 0 Å². The van der Waals surface area contributed by atoms with Gasteiger partial charge in [-0.2, -0.15) is 0 Å². The van der Waals surface area contributed by atoms with Crippen molar-refractivity contribution in [2.24, 2.45) is 0 Å². The number of ether oxygens (including phenoxy) is 1. The number of hydrogen-bond donors (Lipinski definition) is 2. The fraction of sp³-hybridized carbons (Fsp3) is 0.700. The van der Waals surface area contributed by atoms with E-state index in [1.807, 2.05) is 0 Å². The second kappa shape index (κ2) is 17.1. The molecule has 0 amide bonds. The number of hydrogen-bond acceptors (Lipinski definition) is 3. The molecule has 23 heavy (non-hydrogen) atoms. The molecule has 0 radical (unpaired) electrons. The van der Waals surface area contributed by atoms with Crippen LogP contribution < -0.4 is 0 Å². The van der Waals surface area contributed by atoms with E-state index in [4.69, 9.17) is 14.9 Å². The molecule has 0 heterocycles. The summed E-state index contributed by atoms with van der Waals surface area (Å²) in [6.07, 6.45) is 13.4. The predicted molar refractivity (Wildman–Crippen MR) is 98.1 cm³/mol. The highest BCUT2D eigenvalue weighted by molar-refractivity contribution is 5.28. The Balaban J connectivity index is 0.000000502. The van der Waals surface area contributed by atoms with Gasteiger partial charge in [0.1, 0.15) is 11.5 Å². The third kappa shape index (κ3) is 17.0. The fourth-order valence-corrected chi connectivity index (χ4v) is 2.17. The summed E-state index contributed by atoms with van der Waals surface area (Å²) in [7, 11) is 0. The van der Waals surface area contributed by atoms with Crippen LogP contribution in [0.3, 0.4) is 0 Å². The van der Waals surface area contributed by atoms with Crippen molar-refractivity contribution in [2.45, 2.75) is 78.1 Å². The van der Waals surface area contributed by atoms with Crippen molar-refractivity contribution in [3.05, 3.63) is 24.3 Å². The van der Waals surface area contributed by atoms with E-state index in [9.17, 15) is 0 Å². The first-order chi connectivity index (χ1) is 11.2. The Morgan fingerprint density at radius 1 is 0.609 bits per heavy atom. The van der Waals surface area contributed by atoms with E-state index in [1.54, 1.807) is 0 Å². The van der Waals surface area contributed by atoms with Gasteiger partial charge in [0.05, 0.1) is 0 Å². The lowest BCUT2D eigenvalue weighted by Crippen LogP contribution is -1.97. The van der Waals surface area contributed by atoms with Crippen LogP contribution in [0.5, 0.6) is 11.5 Å². The van der Waals surface area contributed by atoms with Crippen LogP contribution in [0.15, 0.2) is 24.3 Å². The first kappa shape index (κ1) is 21.8. The molecule has 0 fully saturated rings. The molecule has 0 aromatic heterocycles. The van der Waals surface area contributed by atoms with Crippen LogP contribution in [0, 0.1) is 0 Å². The highest BCUT2D eigenvalue weighted by Gasteiger charge is 1.91. The average Bonchev–Trinajstić information content (AvgIpc) is 2.56. The number of unbranched alkanes of at least 4 members (excludes halogenated alkanes) is 8. The monoisotopic (exact) mass is 324 g/mol. The van der Waals surface area contributed by atoms with Gasteiger partial charge in [0, 0.05) is 13.2 Å². The minimum atomic E-state index is 0.169. The molecule has 1 aromatic carbocycles. The van der Waals surface area contributed by atoms with Crippen molar-refractivity contribution in [3.8, 4) is 11.5 Å². The van der Waals surface area contributed by atoms with Gasteiger partial charge >= 0.3 is 0 Å². The molecule has 134 valence electrons. The smallest absolute Gasteiger partial charge is 0.115 e. The average molecular weight is 325 g/mol. The van der Waals surface area contributed by atoms with Gasteiger partial charge < -0.3 is 14.9 Å². The van der Waals surface area contributed by atoms with Crippen molar-refractivity contribution in [2.75, 3.05) is 13.2 Å². The standard InChI is InChI=1S/C14H30O.C6H6O2/c1-3-5-7-9-11-13-15-14-12-10-8-6-4-2;7-5-1-2-6(8)4-3-5/h3-14H2,1-2H3;1-4,7-8H. The summed E-state index contributed by atoms with van der Waals surface area (Å²) in [4.78, 5) is 0. The summed E-state index contributed by atoms with van der Waals surface area (Å²) in [6.45, 7) is 6.48. The molecule has 0 atom stereocenters. The summed E-state index contributed by atoms with van der Waals surface area (Å²) in [5.41, 5.74) is 0. The predicted octanol–water partition coefficient (Wildman–Crippen LogP) is 6.04. The lowest BCUT2D eigenvalue weighted by Gasteiger charge is -2.03. The summed E-state index contributed by atoms with van der Waals surface area (Å²) >= 11 is 0. The zero-order chi connectivity index (χ0) is 17.2. The quantitative estimate of drug-likeness (QED) is 0.364. The van der Waals surface area contributed by atoms with Gasteiger partial charge in [-0.25, -0.2) is 0 Å². The van der Waals surface area contributed by atoms with Crippen molar-refractivity contribution in [1.29, 1.82) is 0 Å². The Kier molecular flexibility index (Phi) is 16.2. The van der Waals surface area contributed by atoms with E-state index < -0.39 is 0 Å². The van der Waals surface area contributed by atoms with Crippen LogP contribution >= 0.6 is 0 Å². The molecule has 3 nitrogen and oxygen atoms in total. The van der Waals surface area contributed by atoms with E-state index in [1.165, 1.54) is 88.5 Å². The molecule has 1 aromatic rings. The summed E-state index contributed by atoms with van der Waals surface area (Å²) in [5.74, 6) is 0.339. The van der Waals surface area contributed by atoms with Gasteiger partial charge in [0.25, 0.3) is 0 Å². The maximum absolute atomic E-state index is 8.65. The highest BCUT2D eigenvalue weighted by atomic mass is 16.5. The lowest BCUT2D eigenvalue weighted by molar-refractivity contribution is 0.125. The molecule has 0 aliphatic rings. The number of benzene rings is 1. The second-order valence-electron chi connectivity index (χ2n) is 5.96. The van der Waals surface area contributed by atoms with Crippen molar-refractivity contribution >= 4 is 0 Å². The third-order valence-electron chi connectivity index (χ3n) is 3.63. The third-order valence-corrected chi connectivity index (χ3v) is 3.63. The molecular formula is C20H36O3. The van der Waals surface area contributed by atoms with Gasteiger partial charge in [-0.3, -0.25) is 0 Å². The first-order valence-corrected chi connectivity index (χ1v) is 9.26. The maximum Gasteiger partial charge on any atom is 0.115 e. The number of aromatic hydroxyl groups is 2. The summed E-state index contributed by atoms with van der Waals surface area (Å²) in [5, 5.41) is 17.3. The summed E-state index contributed by atoms with van der Waals surface area (Å²) in [6, 6.07) is 5.70. The first-order valence-electron chi connectivity index (χ1n) is 9.26. The Hall–Kier alpha value is -1.22. The number of phenols is 2. The molecule has 0 spiro atoms. The maximum atomic E-state index is 8.65. The van der Waals surface area contributed by atoms with E-state index in [0.717, 1.165) is 13.2 Å². The molecule has 1 rings (SSSR count). The van der Waals surface area contributed by atoms with Crippen molar-refractivity contribution < 1.29 is 14.9 Å². The van der Waals surface area contributed by atoms with Crippen molar-refractivity contribution in [1.82, 2.24) is 0 Å². The van der Waals surface area contributed by atoms with Crippen LogP contribution in [0.4, 0.5) is 0 Å². The largest absolute Gasteiger partial charge is 0.508 e. The number of rotatable bonds is 12. The minimum absolute atomic E-state index is 0.169. The highest BCUT2D eigenvalue weighted by Crippen LogP contribution is 2.13. The van der Waals surface area contributed by atoms with Gasteiger partial charge in [-0.05, 0) is 37.1 Å². The summed E-state index contributed by atoms with van der Waals surface area (Å²) < 4.78 is 5.59. The fourth-order valence-electron chi connectivity index (χ4n) is 2.17. The van der Waals surface area contributed by atoms with Gasteiger partial charge in [0.15, 0.2) is 0 Å². The van der Waals surface area contributed by atoms with E-state index >= 15 is 0 Å². The van der Waals surface area contributed by atoms with E-state index in [-0.39, 0.29) is 11.5 Å². The van der Waals surface area contributed by atoms with Crippen molar-refractivity contribution in [3.63, 3.8) is 0 Å². The van der Waals surface area contributed by atoms with Gasteiger partial charge in [-0.15, -0.1) is 0 Å². The van der Waals surface area contributed by atoms with E-state index in [2.05, 4.69) is 13.8 Å². The van der Waals surface area contributed by atoms with E-state index in [0.29, 0.717) is 0 Å². The number of phenolic OH excluding ortho intramolecular Hbond substituents is 2. The van der Waals surface area contributed by atoms with Crippen LogP contribution in [0.25, 0.3) is 0 Å². The SMILES string of the molecule is CCCCCCCOCCCCCCC.Oc1ccc(O)cc1. The zero-order valence-corrected chi connectivity index (χ0v) is 15.1. The Morgan fingerprint density at radius 2 is 0.957 bits per heavy atom. The molecular weight excluding hydrogens is 288 g/mol. The molecule has 0 aliphatic heterocycles. The lowest BCUT2D eigenvalue weighted by atomic mass is 10.1. The normalized spacial score (nSPS) is 10.2. The molecule has 0 saturated heterocycles. The van der Waals surface area contributed by atoms with Crippen LogP contribution in [0.1, 0.15) is 78.1 Å². The molecule has 2 N–H and O–H groups in total. The van der Waals surface area contributed by atoms with Gasteiger partial charge in [-0.1, -0.05) is 65.2 Å². The Bertz CT molecular complexity index is 302. The molecule has 0 saturated carbocycles. The van der Waals surface area contributed by atoms with Crippen LogP contribution in [-0.4, -0.2) is 23.4 Å². The molecule has 0 unspecified atom stereocenters. The Morgan fingerprint density at radius 3 is 1.30 bits per heavy atom. The molecule has 0 bridgehead atoms. The zero-order valence-electron chi connectivity index (χ0n) is 15.1. The second-order valence-corrected chi connectivity index (χ2v) is 5.96. The molecule has 0 aliphatic carbocycles. The topological polar surface area (TPSA) is 49.7 Å².